The summed E-state index contributed by atoms with van der Waals surface area (Å²) in [5.41, 5.74) is -0.682. The van der Waals surface area contributed by atoms with E-state index >= 15 is 0 Å². The molecule has 2 heterocycles. The number of carbonyl (C=O) groups excluding carboxylic acids is 1. The van der Waals surface area contributed by atoms with Gasteiger partial charge in [-0.15, -0.1) is 10.2 Å². The quantitative estimate of drug-likeness (QED) is 0.531. The van der Waals surface area contributed by atoms with Crippen LogP contribution in [0.5, 0.6) is 0 Å². The number of imidazole rings is 1. The first-order valence-corrected chi connectivity index (χ1v) is 9.16. The lowest BCUT2D eigenvalue weighted by molar-refractivity contribution is -0.166. The molecule has 154 valence electrons. The zero-order valence-electron chi connectivity index (χ0n) is 15.9. The maximum absolute atomic E-state index is 13.1. The Bertz CT molecular complexity index is 1070. The van der Waals surface area contributed by atoms with Crippen LogP contribution in [0.1, 0.15) is 40.1 Å². The summed E-state index contributed by atoms with van der Waals surface area (Å²) in [5.74, 6) is -0.571. The van der Waals surface area contributed by atoms with Crippen molar-refractivity contribution < 1.29 is 22.7 Å². The van der Waals surface area contributed by atoms with Gasteiger partial charge in [0.15, 0.2) is 0 Å². The molecule has 6 nitrogen and oxygen atoms in total. The highest BCUT2D eigenvalue weighted by Gasteiger charge is 2.65. The van der Waals surface area contributed by atoms with E-state index in [1.54, 1.807) is 10.9 Å². The van der Waals surface area contributed by atoms with Gasteiger partial charge < -0.3 is 9.30 Å². The summed E-state index contributed by atoms with van der Waals surface area (Å²) in [7, 11) is 0. The number of carbonyl (C=O) groups is 1. The molecule has 0 radical (unpaired) electrons. The molecule has 1 aliphatic rings. The zero-order chi connectivity index (χ0) is 21.4. The number of hydrogen-bond acceptors (Lipinski definition) is 5. The Morgan fingerprint density at radius 1 is 1.10 bits per heavy atom. The van der Waals surface area contributed by atoms with Crippen LogP contribution in [0, 0.1) is 0 Å². The van der Waals surface area contributed by atoms with E-state index in [1.165, 1.54) is 30.5 Å². The first-order chi connectivity index (χ1) is 14.3. The second kappa shape index (κ2) is 7.40. The van der Waals surface area contributed by atoms with Gasteiger partial charge >= 0.3 is 17.8 Å². The maximum atomic E-state index is 13.1. The highest BCUT2D eigenvalue weighted by Crippen LogP contribution is 2.52. The van der Waals surface area contributed by atoms with Gasteiger partial charge in [0.25, 0.3) is 0 Å². The van der Waals surface area contributed by atoms with Crippen LogP contribution >= 0.6 is 0 Å². The van der Waals surface area contributed by atoms with Crippen LogP contribution in [-0.2, 0) is 17.0 Å². The van der Waals surface area contributed by atoms with E-state index in [4.69, 9.17) is 4.74 Å². The lowest BCUT2D eigenvalue weighted by Crippen LogP contribution is -2.30. The van der Waals surface area contributed by atoms with Gasteiger partial charge in [-0.2, -0.15) is 13.2 Å². The third kappa shape index (κ3) is 3.58. The van der Waals surface area contributed by atoms with Gasteiger partial charge in [0, 0.05) is 5.56 Å². The molecule has 0 amide bonds. The number of benzene rings is 2. The van der Waals surface area contributed by atoms with E-state index in [1.807, 2.05) is 37.3 Å². The van der Waals surface area contributed by atoms with E-state index in [0.29, 0.717) is 5.56 Å². The lowest BCUT2D eigenvalue weighted by atomic mass is 10.0. The molecule has 0 spiro atoms. The van der Waals surface area contributed by atoms with Crippen LogP contribution in [0.15, 0.2) is 77.3 Å². The van der Waals surface area contributed by atoms with Crippen molar-refractivity contribution in [3.8, 4) is 0 Å². The Kier molecular flexibility index (Phi) is 4.89. The normalized spacial score (nSPS) is 15.6. The smallest absolute Gasteiger partial charge is 0.442 e. The Morgan fingerprint density at radius 2 is 1.77 bits per heavy atom. The number of esters is 1. The Morgan fingerprint density at radius 3 is 2.37 bits per heavy atom. The summed E-state index contributed by atoms with van der Waals surface area (Å²) in [4.78, 5) is 16.6. The summed E-state index contributed by atoms with van der Waals surface area (Å²) in [6.45, 7) is 1.86. The number of nitrogens with zero attached hydrogens (tertiary/aromatic N) is 4. The fourth-order valence-electron chi connectivity index (χ4n) is 3.16. The fourth-order valence-corrected chi connectivity index (χ4v) is 3.16. The molecule has 3 aromatic rings. The van der Waals surface area contributed by atoms with Gasteiger partial charge in [0.05, 0.1) is 18.6 Å². The van der Waals surface area contributed by atoms with Crippen molar-refractivity contribution in [2.75, 3.05) is 0 Å². The minimum atomic E-state index is -4.57. The SMILES string of the molecule is C[C@@H](c1ccccc1)n1cncc1C(=O)OCc1ccc(C2(C(F)(F)F)N=N2)cc1. The van der Waals surface area contributed by atoms with E-state index < -0.39 is 17.8 Å². The van der Waals surface area contributed by atoms with Crippen molar-refractivity contribution in [3.05, 3.63) is 89.5 Å². The molecular formula is C21H17F3N4O2. The van der Waals surface area contributed by atoms with Crippen molar-refractivity contribution >= 4 is 5.97 Å². The Hall–Kier alpha value is -3.49. The standard InChI is InChI=1S/C21H17F3N4O2/c1-14(16-5-3-2-4-6-16)28-13-25-11-18(28)19(29)30-12-15-7-9-17(10-8-15)20(26-27-20)21(22,23)24/h2-11,13-14H,12H2,1H3/t14-/m0/s1. The number of ether oxygens (including phenoxy) is 1. The van der Waals surface area contributed by atoms with Crippen molar-refractivity contribution in [2.45, 2.75) is 31.4 Å². The van der Waals surface area contributed by atoms with Crippen LogP contribution in [0.3, 0.4) is 0 Å². The number of aromatic nitrogens is 2. The molecule has 0 unspecified atom stereocenters. The summed E-state index contributed by atoms with van der Waals surface area (Å²) in [6, 6.07) is 15.0. The van der Waals surface area contributed by atoms with Crippen LogP contribution in [0.4, 0.5) is 13.2 Å². The molecule has 0 aliphatic carbocycles. The molecule has 0 N–H and O–H groups in total. The zero-order valence-corrected chi connectivity index (χ0v) is 15.9. The molecule has 0 fully saturated rings. The largest absolute Gasteiger partial charge is 0.456 e. The topological polar surface area (TPSA) is 68.8 Å². The summed E-state index contributed by atoms with van der Waals surface area (Å²) in [5, 5.41) is 6.34. The highest BCUT2D eigenvalue weighted by atomic mass is 19.4. The average molecular weight is 414 g/mol. The third-order valence-corrected chi connectivity index (χ3v) is 5.00. The second-order valence-corrected chi connectivity index (χ2v) is 6.92. The molecular weight excluding hydrogens is 397 g/mol. The summed E-state index contributed by atoms with van der Waals surface area (Å²) in [6.07, 6.45) is -1.59. The number of halogens is 3. The van der Waals surface area contributed by atoms with Gasteiger partial charge in [-0.25, -0.2) is 9.78 Å². The van der Waals surface area contributed by atoms with Gasteiger partial charge in [-0.05, 0) is 18.1 Å². The Labute approximate surface area is 170 Å². The van der Waals surface area contributed by atoms with Gasteiger partial charge in [0.2, 0.25) is 0 Å². The summed E-state index contributed by atoms with van der Waals surface area (Å²) >= 11 is 0. The minimum Gasteiger partial charge on any atom is -0.456 e. The second-order valence-electron chi connectivity index (χ2n) is 6.92. The van der Waals surface area contributed by atoms with Gasteiger partial charge in [0.1, 0.15) is 12.3 Å². The molecule has 0 bridgehead atoms. The fraction of sp³-hybridized carbons (Fsp3) is 0.238. The third-order valence-electron chi connectivity index (χ3n) is 5.00. The molecule has 0 saturated carbocycles. The predicted octanol–water partition coefficient (Wildman–Crippen LogP) is 5.03. The average Bonchev–Trinajstić information content (AvgIpc) is 3.43. The van der Waals surface area contributed by atoms with Crippen LogP contribution in [-0.4, -0.2) is 21.7 Å². The van der Waals surface area contributed by atoms with E-state index in [2.05, 4.69) is 15.2 Å². The van der Waals surface area contributed by atoms with E-state index in [0.717, 1.165) is 5.56 Å². The van der Waals surface area contributed by atoms with Crippen LogP contribution < -0.4 is 0 Å². The molecule has 1 aliphatic heterocycles. The van der Waals surface area contributed by atoms with Crippen LogP contribution in [0.2, 0.25) is 0 Å². The molecule has 4 rings (SSSR count). The molecule has 30 heavy (non-hydrogen) atoms. The first kappa shape index (κ1) is 19.8. The highest BCUT2D eigenvalue weighted by molar-refractivity contribution is 5.87. The van der Waals surface area contributed by atoms with Crippen molar-refractivity contribution in [2.24, 2.45) is 10.2 Å². The lowest BCUT2D eigenvalue weighted by Gasteiger charge is -2.17. The monoisotopic (exact) mass is 414 g/mol. The molecule has 0 saturated heterocycles. The number of alkyl halides is 3. The van der Waals surface area contributed by atoms with Crippen LogP contribution in [0.25, 0.3) is 0 Å². The van der Waals surface area contributed by atoms with Crippen molar-refractivity contribution in [1.82, 2.24) is 9.55 Å². The predicted molar refractivity (Wildman–Crippen MR) is 101 cm³/mol. The first-order valence-electron chi connectivity index (χ1n) is 9.16. The molecule has 2 aromatic carbocycles. The molecule has 9 heteroatoms. The summed E-state index contributed by atoms with van der Waals surface area (Å²) < 4.78 is 46.2. The van der Waals surface area contributed by atoms with Gasteiger partial charge in [-0.3, -0.25) is 0 Å². The number of rotatable bonds is 6. The molecule has 1 atom stereocenters. The van der Waals surface area contributed by atoms with Crippen molar-refractivity contribution in [1.29, 1.82) is 0 Å². The van der Waals surface area contributed by atoms with E-state index in [-0.39, 0.29) is 23.9 Å². The molecule has 1 aromatic heterocycles. The van der Waals surface area contributed by atoms with Gasteiger partial charge in [-0.1, -0.05) is 54.6 Å². The minimum absolute atomic E-state index is 0.0696. The van der Waals surface area contributed by atoms with E-state index in [9.17, 15) is 18.0 Å². The van der Waals surface area contributed by atoms with Crippen molar-refractivity contribution in [3.63, 3.8) is 0 Å². The number of hydrogen-bond donors (Lipinski definition) is 0. The maximum Gasteiger partial charge on any atom is 0.442 e. The Balaban J connectivity index is 1.42.